The van der Waals surface area contributed by atoms with Gasteiger partial charge in [-0.05, 0) is 0 Å². The number of ether oxygens (including phenoxy) is 1. The van der Waals surface area contributed by atoms with Gasteiger partial charge in [0.05, 0.1) is 19.5 Å². The Bertz CT molecular complexity index is 298. The average Bonchev–Trinajstić information content (AvgIpc) is 2.03. The molecule has 0 unspecified atom stereocenters. The summed E-state index contributed by atoms with van der Waals surface area (Å²) in [5.41, 5.74) is 0. The number of aliphatic carboxylic acids is 1. The van der Waals surface area contributed by atoms with Crippen LogP contribution in [0.3, 0.4) is 0 Å². The first-order chi connectivity index (χ1) is 5.93. The van der Waals surface area contributed by atoms with Crippen LogP contribution in [0.2, 0.25) is 0 Å². The molecule has 0 saturated carbocycles. The van der Waals surface area contributed by atoms with Gasteiger partial charge < -0.3 is 9.84 Å². The number of hydrogen-bond acceptors (Lipinski definition) is 4. The molecule has 1 aliphatic rings. The van der Waals surface area contributed by atoms with Crippen molar-refractivity contribution in [1.82, 2.24) is 4.31 Å². The lowest BCUT2D eigenvalue weighted by Crippen LogP contribution is -2.52. The number of rotatable bonds is 2. The Hall–Kier alpha value is -0.660. The molecule has 0 amide bonds. The molecule has 0 spiro atoms. The quantitative estimate of drug-likeness (QED) is 0.613. The van der Waals surface area contributed by atoms with Crippen LogP contribution in [0, 0.1) is 0 Å². The Labute approximate surface area is 76.1 Å². The summed E-state index contributed by atoms with van der Waals surface area (Å²) in [6, 6.07) is -1.08. The molecular weight excluding hydrogens is 198 g/mol. The van der Waals surface area contributed by atoms with Crippen LogP contribution in [-0.4, -0.2) is 55.9 Å². The molecule has 1 rings (SSSR count). The molecule has 1 N–H and O–H groups in total. The number of hydrogen-bond donors (Lipinski definition) is 1. The van der Waals surface area contributed by atoms with E-state index in [4.69, 9.17) is 9.84 Å². The first kappa shape index (κ1) is 10.4. The second-order valence-corrected chi connectivity index (χ2v) is 4.74. The zero-order chi connectivity index (χ0) is 10.1. The van der Waals surface area contributed by atoms with Gasteiger partial charge in [-0.1, -0.05) is 0 Å². The van der Waals surface area contributed by atoms with Crippen molar-refractivity contribution in [3.8, 4) is 0 Å². The largest absolute Gasteiger partial charge is 0.480 e. The van der Waals surface area contributed by atoms with Crippen molar-refractivity contribution < 1.29 is 23.1 Å². The maximum absolute atomic E-state index is 11.1. The van der Waals surface area contributed by atoms with Crippen LogP contribution in [0.4, 0.5) is 0 Å². The van der Waals surface area contributed by atoms with E-state index in [0.29, 0.717) is 0 Å². The number of carboxylic acids is 1. The van der Waals surface area contributed by atoms with Crippen molar-refractivity contribution in [2.45, 2.75) is 6.04 Å². The van der Waals surface area contributed by atoms with Crippen LogP contribution >= 0.6 is 0 Å². The minimum atomic E-state index is -3.45. The third kappa shape index (κ3) is 2.39. The van der Waals surface area contributed by atoms with E-state index in [0.717, 1.165) is 10.6 Å². The van der Waals surface area contributed by atoms with Crippen LogP contribution in [0.1, 0.15) is 0 Å². The summed E-state index contributed by atoms with van der Waals surface area (Å²) < 4.78 is 28.0. The highest BCUT2D eigenvalue weighted by molar-refractivity contribution is 7.88. The second kappa shape index (κ2) is 3.60. The second-order valence-electron chi connectivity index (χ2n) is 2.80. The van der Waals surface area contributed by atoms with Crippen molar-refractivity contribution in [3.05, 3.63) is 0 Å². The minimum absolute atomic E-state index is 0.0809. The lowest BCUT2D eigenvalue weighted by molar-refractivity contribution is -0.146. The molecule has 0 aromatic carbocycles. The van der Waals surface area contributed by atoms with Crippen molar-refractivity contribution >= 4 is 16.0 Å². The van der Waals surface area contributed by atoms with Gasteiger partial charge >= 0.3 is 5.97 Å². The van der Waals surface area contributed by atoms with Gasteiger partial charge in [-0.25, -0.2) is 8.42 Å². The van der Waals surface area contributed by atoms with E-state index in [1.807, 2.05) is 0 Å². The normalized spacial score (nSPS) is 25.8. The fraction of sp³-hybridized carbons (Fsp3) is 0.833. The Kier molecular flexibility index (Phi) is 2.89. The zero-order valence-electron chi connectivity index (χ0n) is 7.13. The number of morpholine rings is 1. The lowest BCUT2D eigenvalue weighted by Gasteiger charge is -2.30. The van der Waals surface area contributed by atoms with Gasteiger partial charge in [0.25, 0.3) is 0 Å². The molecule has 0 radical (unpaired) electrons. The predicted molar refractivity (Wildman–Crippen MR) is 43.8 cm³/mol. The first-order valence-corrected chi connectivity index (χ1v) is 5.55. The van der Waals surface area contributed by atoms with Crippen LogP contribution in [-0.2, 0) is 19.6 Å². The van der Waals surface area contributed by atoms with Crippen LogP contribution in [0.25, 0.3) is 0 Å². The summed E-state index contributed by atoms with van der Waals surface area (Å²) in [7, 11) is -3.45. The van der Waals surface area contributed by atoms with Gasteiger partial charge in [0.1, 0.15) is 6.04 Å². The van der Waals surface area contributed by atoms with Gasteiger partial charge in [0, 0.05) is 6.54 Å². The maximum atomic E-state index is 11.1. The predicted octanol–water partition coefficient (Wildman–Crippen LogP) is -1.27. The highest BCUT2D eigenvalue weighted by Gasteiger charge is 2.34. The van der Waals surface area contributed by atoms with Gasteiger partial charge in [0.2, 0.25) is 10.0 Å². The van der Waals surface area contributed by atoms with Crippen molar-refractivity contribution in [3.63, 3.8) is 0 Å². The van der Waals surface area contributed by atoms with E-state index in [1.165, 1.54) is 0 Å². The van der Waals surface area contributed by atoms with Crippen LogP contribution in [0.15, 0.2) is 0 Å². The zero-order valence-corrected chi connectivity index (χ0v) is 7.95. The summed E-state index contributed by atoms with van der Waals surface area (Å²) in [5, 5.41) is 8.69. The molecule has 13 heavy (non-hydrogen) atoms. The Balaban J connectivity index is 2.86. The van der Waals surface area contributed by atoms with E-state index in [-0.39, 0.29) is 19.8 Å². The molecule has 0 aromatic rings. The Morgan fingerprint density at radius 2 is 2.23 bits per heavy atom. The molecule has 1 aliphatic heterocycles. The number of sulfonamides is 1. The van der Waals surface area contributed by atoms with Gasteiger partial charge in [-0.2, -0.15) is 4.31 Å². The molecule has 76 valence electrons. The van der Waals surface area contributed by atoms with E-state index in [2.05, 4.69) is 0 Å². The monoisotopic (exact) mass is 209 g/mol. The molecule has 1 heterocycles. The third-order valence-corrected chi connectivity index (χ3v) is 3.08. The lowest BCUT2D eigenvalue weighted by atomic mass is 10.3. The molecule has 0 aliphatic carbocycles. The molecule has 6 nitrogen and oxygen atoms in total. The average molecular weight is 209 g/mol. The smallest absolute Gasteiger partial charge is 0.324 e. The summed E-state index contributed by atoms with van der Waals surface area (Å²) in [6.45, 7) is 0.273. The summed E-state index contributed by atoms with van der Waals surface area (Å²) in [4.78, 5) is 10.6. The number of carboxylic acid groups (broad SMARTS) is 1. The summed E-state index contributed by atoms with van der Waals surface area (Å²) in [5.74, 6) is -1.18. The standard InChI is InChI=1S/C6H11NO5S/c1-13(10,11)7-2-3-12-4-5(7)6(8)9/h5H,2-4H2,1H3,(H,8,9)/t5-/m0/s1. The molecule has 1 fully saturated rings. The highest BCUT2D eigenvalue weighted by Crippen LogP contribution is 2.10. The molecule has 1 saturated heterocycles. The summed E-state index contributed by atoms with van der Waals surface area (Å²) >= 11 is 0. The molecular formula is C6H11NO5S. The maximum Gasteiger partial charge on any atom is 0.324 e. The fourth-order valence-corrected chi connectivity index (χ4v) is 2.20. The molecule has 1 atom stereocenters. The molecule has 0 aromatic heterocycles. The SMILES string of the molecule is CS(=O)(=O)N1CCOC[C@H]1C(=O)O. The van der Waals surface area contributed by atoms with E-state index < -0.39 is 22.0 Å². The summed E-state index contributed by atoms with van der Waals surface area (Å²) in [6.07, 6.45) is 0.994. The van der Waals surface area contributed by atoms with E-state index in [9.17, 15) is 13.2 Å². The van der Waals surface area contributed by atoms with E-state index >= 15 is 0 Å². The van der Waals surface area contributed by atoms with Crippen LogP contribution in [0.5, 0.6) is 0 Å². The third-order valence-electron chi connectivity index (χ3n) is 1.79. The van der Waals surface area contributed by atoms with Gasteiger partial charge in [-0.3, -0.25) is 4.79 Å². The van der Waals surface area contributed by atoms with Crippen LogP contribution < -0.4 is 0 Å². The first-order valence-electron chi connectivity index (χ1n) is 3.70. The van der Waals surface area contributed by atoms with Crippen molar-refractivity contribution in [1.29, 1.82) is 0 Å². The number of nitrogens with zero attached hydrogens (tertiary/aromatic N) is 1. The Morgan fingerprint density at radius 3 is 2.62 bits per heavy atom. The van der Waals surface area contributed by atoms with Gasteiger partial charge in [-0.15, -0.1) is 0 Å². The van der Waals surface area contributed by atoms with E-state index in [1.54, 1.807) is 0 Å². The Morgan fingerprint density at radius 1 is 1.62 bits per heavy atom. The molecule has 0 bridgehead atoms. The fourth-order valence-electron chi connectivity index (χ4n) is 1.18. The minimum Gasteiger partial charge on any atom is -0.480 e. The highest BCUT2D eigenvalue weighted by atomic mass is 32.2. The molecule has 7 heteroatoms. The number of carbonyl (C=O) groups is 1. The van der Waals surface area contributed by atoms with Gasteiger partial charge in [0.15, 0.2) is 0 Å². The topological polar surface area (TPSA) is 83.9 Å². The van der Waals surface area contributed by atoms with Crippen molar-refractivity contribution in [2.75, 3.05) is 26.0 Å². The van der Waals surface area contributed by atoms with Crippen molar-refractivity contribution in [2.24, 2.45) is 0 Å².